The van der Waals surface area contributed by atoms with Crippen LogP contribution < -0.4 is 5.73 Å². The Bertz CT molecular complexity index is 548. The first-order chi connectivity index (χ1) is 7.78. The van der Waals surface area contributed by atoms with E-state index in [-0.39, 0.29) is 0 Å². The van der Waals surface area contributed by atoms with Crippen molar-refractivity contribution in [3.05, 3.63) is 40.7 Å². The van der Waals surface area contributed by atoms with Crippen molar-refractivity contribution in [2.75, 3.05) is 5.73 Å². The fourth-order valence-corrected chi connectivity index (χ4v) is 1.65. The SMILES string of the molecule is N#Cc1ccc(C=Cc2csc(N)n2)nc1. The molecule has 0 radical (unpaired) electrons. The topological polar surface area (TPSA) is 75.6 Å². The van der Waals surface area contributed by atoms with E-state index < -0.39 is 0 Å². The van der Waals surface area contributed by atoms with Gasteiger partial charge in [-0.25, -0.2) is 4.98 Å². The number of nitriles is 1. The van der Waals surface area contributed by atoms with Crippen LogP contribution in [0, 0.1) is 11.3 Å². The van der Waals surface area contributed by atoms with Crippen LogP contribution in [-0.2, 0) is 0 Å². The van der Waals surface area contributed by atoms with Gasteiger partial charge in [0.2, 0.25) is 0 Å². The highest BCUT2D eigenvalue weighted by Crippen LogP contribution is 2.13. The highest BCUT2D eigenvalue weighted by Gasteiger charge is 1.94. The fraction of sp³-hybridized carbons (Fsp3) is 0. The van der Waals surface area contributed by atoms with Gasteiger partial charge in [0.05, 0.1) is 17.0 Å². The molecule has 2 rings (SSSR count). The van der Waals surface area contributed by atoms with Crippen molar-refractivity contribution < 1.29 is 0 Å². The Hall–Kier alpha value is -2.19. The number of nitrogens with zero attached hydrogens (tertiary/aromatic N) is 3. The second-order valence-corrected chi connectivity index (χ2v) is 3.92. The molecule has 2 aromatic heterocycles. The lowest BCUT2D eigenvalue weighted by Gasteiger charge is -1.91. The lowest BCUT2D eigenvalue weighted by molar-refractivity contribution is 1.27. The van der Waals surface area contributed by atoms with Gasteiger partial charge >= 0.3 is 0 Å². The van der Waals surface area contributed by atoms with Gasteiger partial charge in [0, 0.05) is 11.6 Å². The van der Waals surface area contributed by atoms with E-state index in [0.29, 0.717) is 10.7 Å². The number of pyridine rings is 1. The Balaban J connectivity index is 2.15. The van der Waals surface area contributed by atoms with Gasteiger partial charge in [-0.3, -0.25) is 4.98 Å². The molecule has 4 nitrogen and oxygen atoms in total. The summed E-state index contributed by atoms with van der Waals surface area (Å²) in [4.78, 5) is 8.20. The molecule has 0 bridgehead atoms. The smallest absolute Gasteiger partial charge is 0.180 e. The minimum Gasteiger partial charge on any atom is -0.375 e. The first kappa shape index (κ1) is 10.3. The summed E-state index contributed by atoms with van der Waals surface area (Å²) in [6.45, 7) is 0. The maximum absolute atomic E-state index is 8.61. The van der Waals surface area contributed by atoms with Crippen LogP contribution in [0.2, 0.25) is 0 Å². The van der Waals surface area contributed by atoms with Crippen molar-refractivity contribution >= 4 is 28.6 Å². The average molecular weight is 228 g/mol. The van der Waals surface area contributed by atoms with Gasteiger partial charge in [-0.05, 0) is 24.3 Å². The molecular weight excluding hydrogens is 220 g/mol. The third-order valence-corrected chi connectivity index (χ3v) is 2.57. The van der Waals surface area contributed by atoms with Crippen molar-refractivity contribution in [1.82, 2.24) is 9.97 Å². The second kappa shape index (κ2) is 4.55. The summed E-state index contributed by atoms with van der Waals surface area (Å²) < 4.78 is 0. The minimum absolute atomic E-state index is 0.549. The molecule has 0 aliphatic rings. The standard InChI is InChI=1S/C11H8N4S/c12-5-8-1-2-9(14-6-8)3-4-10-7-16-11(13)15-10/h1-4,6-7H,(H2,13,15). The van der Waals surface area contributed by atoms with E-state index in [1.807, 2.05) is 23.6 Å². The summed E-state index contributed by atoms with van der Waals surface area (Å²) in [6, 6.07) is 5.52. The molecule has 0 unspecified atom stereocenters. The van der Waals surface area contributed by atoms with Crippen molar-refractivity contribution in [3.63, 3.8) is 0 Å². The second-order valence-electron chi connectivity index (χ2n) is 3.03. The molecule has 0 aliphatic heterocycles. The van der Waals surface area contributed by atoms with Crippen LogP contribution in [0.15, 0.2) is 23.7 Å². The molecule has 2 aromatic rings. The predicted molar refractivity (Wildman–Crippen MR) is 64.4 cm³/mol. The summed E-state index contributed by atoms with van der Waals surface area (Å²) in [5.74, 6) is 0. The molecule has 16 heavy (non-hydrogen) atoms. The Morgan fingerprint density at radius 3 is 2.69 bits per heavy atom. The van der Waals surface area contributed by atoms with E-state index >= 15 is 0 Å². The molecule has 0 spiro atoms. The normalized spacial score (nSPS) is 10.4. The van der Waals surface area contributed by atoms with E-state index in [1.165, 1.54) is 17.5 Å². The van der Waals surface area contributed by atoms with Gasteiger partial charge in [-0.1, -0.05) is 0 Å². The van der Waals surface area contributed by atoms with Crippen LogP contribution in [0.4, 0.5) is 5.13 Å². The highest BCUT2D eigenvalue weighted by atomic mass is 32.1. The van der Waals surface area contributed by atoms with Crippen LogP contribution in [-0.4, -0.2) is 9.97 Å². The van der Waals surface area contributed by atoms with Crippen molar-refractivity contribution in [2.45, 2.75) is 0 Å². The molecule has 0 saturated carbocycles. The third kappa shape index (κ3) is 2.43. The summed E-state index contributed by atoms with van der Waals surface area (Å²) in [6.07, 6.45) is 5.20. The minimum atomic E-state index is 0.549. The molecule has 2 heterocycles. The maximum atomic E-state index is 8.61. The van der Waals surface area contributed by atoms with E-state index in [2.05, 4.69) is 9.97 Å². The lowest BCUT2D eigenvalue weighted by atomic mass is 10.2. The zero-order valence-electron chi connectivity index (χ0n) is 8.29. The van der Waals surface area contributed by atoms with Gasteiger partial charge < -0.3 is 5.73 Å². The Morgan fingerprint density at radius 2 is 2.12 bits per heavy atom. The quantitative estimate of drug-likeness (QED) is 0.854. The van der Waals surface area contributed by atoms with Crippen LogP contribution in [0.5, 0.6) is 0 Å². The first-order valence-electron chi connectivity index (χ1n) is 4.53. The molecule has 0 aliphatic carbocycles. The van der Waals surface area contributed by atoms with Gasteiger partial charge in [-0.2, -0.15) is 5.26 Å². The molecule has 0 atom stereocenters. The molecule has 2 N–H and O–H groups in total. The van der Waals surface area contributed by atoms with Gasteiger partial charge in [0.25, 0.3) is 0 Å². The number of nitrogens with two attached hydrogens (primary N) is 1. The predicted octanol–water partition coefficient (Wildman–Crippen LogP) is 2.16. The number of anilines is 1. The van der Waals surface area contributed by atoms with Crippen LogP contribution in [0.25, 0.3) is 12.2 Å². The third-order valence-electron chi connectivity index (χ3n) is 1.88. The largest absolute Gasteiger partial charge is 0.375 e. The summed E-state index contributed by atoms with van der Waals surface area (Å²) >= 11 is 1.40. The molecular formula is C11H8N4S. The number of thiazole rings is 1. The van der Waals surface area contributed by atoms with E-state index in [1.54, 1.807) is 12.1 Å². The first-order valence-corrected chi connectivity index (χ1v) is 5.41. The Morgan fingerprint density at radius 1 is 1.31 bits per heavy atom. The molecule has 78 valence electrons. The lowest BCUT2D eigenvalue weighted by Crippen LogP contribution is -1.83. The number of hydrogen-bond acceptors (Lipinski definition) is 5. The molecule has 0 aromatic carbocycles. The summed E-state index contributed by atoms with van der Waals surface area (Å²) in [5, 5.41) is 11.0. The zero-order chi connectivity index (χ0) is 11.4. The van der Waals surface area contributed by atoms with Gasteiger partial charge in [-0.15, -0.1) is 11.3 Å². The van der Waals surface area contributed by atoms with Crippen molar-refractivity contribution in [1.29, 1.82) is 5.26 Å². The van der Waals surface area contributed by atoms with Gasteiger partial charge in [0.15, 0.2) is 5.13 Å². The molecule has 0 saturated heterocycles. The van der Waals surface area contributed by atoms with Crippen molar-refractivity contribution in [3.8, 4) is 6.07 Å². The van der Waals surface area contributed by atoms with Gasteiger partial charge in [0.1, 0.15) is 6.07 Å². The monoisotopic (exact) mass is 228 g/mol. The van der Waals surface area contributed by atoms with Crippen LogP contribution in [0.3, 0.4) is 0 Å². The average Bonchev–Trinajstić information content (AvgIpc) is 2.73. The number of rotatable bonds is 2. The summed E-state index contributed by atoms with van der Waals surface area (Å²) in [5.41, 5.74) is 7.65. The molecule has 0 fully saturated rings. The van der Waals surface area contributed by atoms with Crippen molar-refractivity contribution in [2.24, 2.45) is 0 Å². The van der Waals surface area contributed by atoms with Crippen LogP contribution >= 0.6 is 11.3 Å². The maximum Gasteiger partial charge on any atom is 0.180 e. The highest BCUT2D eigenvalue weighted by molar-refractivity contribution is 7.13. The summed E-state index contributed by atoms with van der Waals surface area (Å²) in [7, 11) is 0. The Kier molecular flexibility index (Phi) is 2.94. The van der Waals surface area contributed by atoms with E-state index in [9.17, 15) is 0 Å². The van der Waals surface area contributed by atoms with E-state index in [0.717, 1.165) is 11.4 Å². The number of aromatic nitrogens is 2. The molecule has 0 amide bonds. The Labute approximate surface area is 96.7 Å². The molecule has 5 heteroatoms. The zero-order valence-corrected chi connectivity index (χ0v) is 9.11. The fourth-order valence-electron chi connectivity index (χ4n) is 1.12. The number of nitrogen functional groups attached to an aromatic ring is 1. The van der Waals surface area contributed by atoms with Crippen LogP contribution in [0.1, 0.15) is 17.0 Å². The number of hydrogen-bond donors (Lipinski definition) is 1. The van der Waals surface area contributed by atoms with E-state index in [4.69, 9.17) is 11.0 Å².